The topological polar surface area (TPSA) is 50.4 Å². The van der Waals surface area contributed by atoms with E-state index in [1.807, 2.05) is 25.1 Å². The number of ether oxygens (including phenoxy) is 1. The molecule has 1 aromatic carbocycles. The molecule has 4 heteroatoms. The third kappa shape index (κ3) is 3.78. The molecule has 1 amide bonds. The summed E-state index contributed by atoms with van der Waals surface area (Å²) in [5.74, 6) is 0.333. The summed E-state index contributed by atoms with van der Waals surface area (Å²) in [7, 11) is 0. The molecule has 3 atom stereocenters. The zero-order valence-corrected chi connectivity index (χ0v) is 11.6. The maximum Gasteiger partial charge on any atom is 0.239 e. The number of hydrogen-bond donors (Lipinski definition) is 2. The summed E-state index contributed by atoms with van der Waals surface area (Å²) in [5, 5.41) is 6.19. The second-order valence-electron chi connectivity index (χ2n) is 5.06. The molecule has 2 rings (SSSR count). The van der Waals surface area contributed by atoms with Gasteiger partial charge in [-0.25, -0.2) is 0 Å². The van der Waals surface area contributed by atoms with Gasteiger partial charge in [-0.1, -0.05) is 37.3 Å². The van der Waals surface area contributed by atoms with Gasteiger partial charge in [-0.15, -0.1) is 0 Å². The molecule has 19 heavy (non-hydrogen) atoms. The maximum absolute atomic E-state index is 12.1. The van der Waals surface area contributed by atoms with Crippen molar-refractivity contribution in [1.82, 2.24) is 10.6 Å². The molecule has 2 N–H and O–H groups in total. The summed E-state index contributed by atoms with van der Waals surface area (Å²) in [5.41, 5.74) is 1.24. The molecule has 1 saturated heterocycles. The molecule has 1 aromatic rings. The molecule has 0 aliphatic carbocycles. The first kappa shape index (κ1) is 14.0. The fourth-order valence-electron chi connectivity index (χ4n) is 2.29. The van der Waals surface area contributed by atoms with Gasteiger partial charge in [0.2, 0.25) is 5.91 Å². The number of benzene rings is 1. The molecule has 0 bridgehead atoms. The minimum atomic E-state index is -0.239. The third-order valence-corrected chi connectivity index (χ3v) is 3.55. The lowest BCUT2D eigenvalue weighted by Crippen LogP contribution is -2.55. The molecule has 104 valence electrons. The van der Waals surface area contributed by atoms with E-state index in [1.54, 1.807) is 0 Å². The molecular weight excluding hydrogens is 240 g/mol. The molecular formula is C15H22N2O2. The Kier molecular flexibility index (Phi) is 4.93. The first-order valence-corrected chi connectivity index (χ1v) is 6.86. The quantitative estimate of drug-likeness (QED) is 0.859. The predicted octanol–water partition coefficient (Wildman–Crippen LogP) is 1.28. The Labute approximate surface area is 114 Å². The summed E-state index contributed by atoms with van der Waals surface area (Å²) in [6, 6.07) is 9.97. The maximum atomic E-state index is 12.1. The van der Waals surface area contributed by atoms with Crippen LogP contribution in [0.3, 0.4) is 0 Å². The van der Waals surface area contributed by atoms with Gasteiger partial charge in [0, 0.05) is 13.1 Å². The van der Waals surface area contributed by atoms with Crippen LogP contribution in [0.4, 0.5) is 0 Å². The molecule has 0 saturated carbocycles. The second-order valence-corrected chi connectivity index (χ2v) is 5.06. The van der Waals surface area contributed by atoms with E-state index in [2.05, 4.69) is 29.7 Å². The van der Waals surface area contributed by atoms with Crippen molar-refractivity contribution < 1.29 is 9.53 Å². The highest BCUT2D eigenvalue weighted by atomic mass is 16.5. The van der Waals surface area contributed by atoms with Gasteiger partial charge in [-0.05, 0) is 18.4 Å². The minimum absolute atomic E-state index is 0.0231. The number of rotatable bonds is 4. The van der Waals surface area contributed by atoms with Crippen molar-refractivity contribution >= 4 is 5.91 Å². The monoisotopic (exact) mass is 262 g/mol. The van der Waals surface area contributed by atoms with E-state index in [0.717, 1.165) is 6.54 Å². The number of nitrogens with one attached hydrogen (secondary N) is 2. The zero-order valence-electron chi connectivity index (χ0n) is 11.6. The Morgan fingerprint density at radius 2 is 2.21 bits per heavy atom. The first-order chi connectivity index (χ1) is 9.18. The van der Waals surface area contributed by atoms with Gasteiger partial charge in [0.05, 0.1) is 12.7 Å². The fourth-order valence-corrected chi connectivity index (χ4v) is 2.29. The smallest absolute Gasteiger partial charge is 0.239 e. The van der Waals surface area contributed by atoms with Crippen molar-refractivity contribution in [2.24, 2.45) is 0 Å². The van der Waals surface area contributed by atoms with Crippen LogP contribution in [-0.4, -0.2) is 37.7 Å². The molecule has 1 heterocycles. The van der Waals surface area contributed by atoms with Crippen LogP contribution in [0.15, 0.2) is 30.3 Å². The van der Waals surface area contributed by atoms with Crippen molar-refractivity contribution in [3.63, 3.8) is 0 Å². The van der Waals surface area contributed by atoms with Crippen LogP contribution >= 0.6 is 0 Å². The molecule has 1 fully saturated rings. The number of carbonyl (C=O) groups is 1. The molecule has 0 spiro atoms. The van der Waals surface area contributed by atoms with Gasteiger partial charge < -0.3 is 15.4 Å². The fraction of sp³-hybridized carbons (Fsp3) is 0.533. The Morgan fingerprint density at radius 3 is 2.89 bits per heavy atom. The van der Waals surface area contributed by atoms with Gasteiger partial charge in [0.25, 0.3) is 0 Å². The summed E-state index contributed by atoms with van der Waals surface area (Å²) >= 11 is 0. The van der Waals surface area contributed by atoms with Gasteiger partial charge in [-0.2, -0.15) is 0 Å². The van der Waals surface area contributed by atoms with E-state index in [1.165, 1.54) is 5.56 Å². The van der Waals surface area contributed by atoms with Crippen LogP contribution in [0, 0.1) is 0 Å². The summed E-state index contributed by atoms with van der Waals surface area (Å²) in [6.07, 6.45) is -0.0687. The van der Waals surface area contributed by atoms with Crippen molar-refractivity contribution in [3.05, 3.63) is 35.9 Å². The number of amides is 1. The van der Waals surface area contributed by atoms with E-state index >= 15 is 0 Å². The van der Waals surface area contributed by atoms with Gasteiger partial charge in [-0.3, -0.25) is 4.79 Å². The molecule has 1 aliphatic rings. The number of hydrogen-bond acceptors (Lipinski definition) is 3. The first-order valence-electron chi connectivity index (χ1n) is 6.86. The number of carbonyl (C=O) groups excluding carboxylic acids is 1. The zero-order chi connectivity index (χ0) is 13.7. The Morgan fingerprint density at radius 1 is 1.47 bits per heavy atom. The standard InChI is InChI=1S/C15H22N2O2/c1-11(13-6-4-3-5-7-13)10-17-15(18)14-12(2)19-9-8-16-14/h3-7,11-12,14,16H,8-10H2,1-2H3,(H,17,18)/t11?,12-,14+/m1/s1. The summed E-state index contributed by atoms with van der Waals surface area (Å²) in [4.78, 5) is 12.1. The highest BCUT2D eigenvalue weighted by molar-refractivity contribution is 5.82. The van der Waals surface area contributed by atoms with Crippen LogP contribution in [0.2, 0.25) is 0 Å². The van der Waals surface area contributed by atoms with E-state index in [0.29, 0.717) is 19.1 Å². The van der Waals surface area contributed by atoms with Gasteiger partial charge in [0.1, 0.15) is 6.04 Å². The normalized spacial score (nSPS) is 24.7. The molecule has 1 unspecified atom stereocenters. The van der Waals surface area contributed by atoms with E-state index in [-0.39, 0.29) is 18.1 Å². The Bertz CT molecular complexity index is 408. The van der Waals surface area contributed by atoms with Crippen LogP contribution < -0.4 is 10.6 Å². The van der Waals surface area contributed by atoms with E-state index in [9.17, 15) is 4.79 Å². The average Bonchev–Trinajstić information content (AvgIpc) is 2.46. The lowest BCUT2D eigenvalue weighted by molar-refractivity contribution is -0.128. The van der Waals surface area contributed by atoms with Crippen LogP contribution in [0.5, 0.6) is 0 Å². The van der Waals surface area contributed by atoms with Gasteiger partial charge in [0.15, 0.2) is 0 Å². The average molecular weight is 262 g/mol. The van der Waals surface area contributed by atoms with Crippen LogP contribution in [-0.2, 0) is 9.53 Å². The van der Waals surface area contributed by atoms with Crippen molar-refractivity contribution in [2.75, 3.05) is 19.7 Å². The predicted molar refractivity (Wildman–Crippen MR) is 75.1 cm³/mol. The molecule has 1 aliphatic heterocycles. The molecule has 0 aromatic heterocycles. The van der Waals surface area contributed by atoms with E-state index < -0.39 is 0 Å². The minimum Gasteiger partial charge on any atom is -0.375 e. The lowest BCUT2D eigenvalue weighted by Gasteiger charge is -2.29. The van der Waals surface area contributed by atoms with Crippen LogP contribution in [0.25, 0.3) is 0 Å². The van der Waals surface area contributed by atoms with Crippen molar-refractivity contribution in [2.45, 2.75) is 31.9 Å². The summed E-state index contributed by atoms with van der Waals surface area (Å²) < 4.78 is 5.48. The van der Waals surface area contributed by atoms with E-state index in [4.69, 9.17) is 4.74 Å². The summed E-state index contributed by atoms with van der Waals surface area (Å²) in [6.45, 7) is 6.09. The number of morpholine rings is 1. The highest BCUT2D eigenvalue weighted by Gasteiger charge is 2.28. The van der Waals surface area contributed by atoms with Crippen molar-refractivity contribution in [3.8, 4) is 0 Å². The Balaban J connectivity index is 1.83. The SMILES string of the molecule is CC(CNC(=O)[C@H]1NCCO[C@@H]1C)c1ccccc1. The largest absolute Gasteiger partial charge is 0.375 e. The van der Waals surface area contributed by atoms with Gasteiger partial charge >= 0.3 is 0 Å². The Hall–Kier alpha value is -1.39. The lowest BCUT2D eigenvalue weighted by atomic mass is 10.0. The highest BCUT2D eigenvalue weighted by Crippen LogP contribution is 2.13. The third-order valence-electron chi connectivity index (χ3n) is 3.55. The molecule has 4 nitrogen and oxygen atoms in total. The second kappa shape index (κ2) is 6.68. The molecule has 0 radical (unpaired) electrons. The van der Waals surface area contributed by atoms with Crippen molar-refractivity contribution in [1.29, 1.82) is 0 Å². The van der Waals surface area contributed by atoms with Crippen LogP contribution in [0.1, 0.15) is 25.3 Å².